The summed E-state index contributed by atoms with van der Waals surface area (Å²) in [6, 6.07) is 6.57. The molecular weight excluding hydrogens is 344 g/mol. The first-order valence-corrected chi connectivity index (χ1v) is 9.87. The number of sulfonamides is 1. The summed E-state index contributed by atoms with van der Waals surface area (Å²) >= 11 is 0. The Labute approximate surface area is 148 Å². The van der Waals surface area contributed by atoms with Crippen molar-refractivity contribution in [3.63, 3.8) is 0 Å². The molecule has 1 saturated heterocycles. The largest absolute Gasteiger partial charge is 0.480 e. The monoisotopic (exact) mass is 368 g/mol. The molecule has 2 rings (SSSR count). The Kier molecular flexibility index (Phi) is 6.55. The van der Waals surface area contributed by atoms with Crippen LogP contribution in [0.3, 0.4) is 0 Å². The molecule has 0 aliphatic carbocycles. The molecule has 0 saturated carbocycles. The van der Waals surface area contributed by atoms with E-state index in [0.717, 1.165) is 18.4 Å². The summed E-state index contributed by atoms with van der Waals surface area (Å²) in [6.07, 6.45) is 2.42. The predicted octanol–water partition coefficient (Wildman–Crippen LogP) is 1.34. The Morgan fingerprint density at radius 1 is 1.16 bits per heavy atom. The minimum Gasteiger partial charge on any atom is -0.480 e. The highest BCUT2D eigenvalue weighted by Crippen LogP contribution is 2.21. The Bertz CT molecular complexity index is 709. The Balaban J connectivity index is 1.96. The van der Waals surface area contributed by atoms with Gasteiger partial charge in [-0.15, -0.1) is 0 Å². The summed E-state index contributed by atoms with van der Waals surface area (Å²) in [5, 5.41) is 8.79. The summed E-state index contributed by atoms with van der Waals surface area (Å²) in [5.41, 5.74) is 0.847. The van der Waals surface area contributed by atoms with Crippen molar-refractivity contribution in [2.45, 2.75) is 37.5 Å². The smallest absolute Gasteiger partial charge is 0.323 e. The van der Waals surface area contributed by atoms with Gasteiger partial charge in [0.15, 0.2) is 0 Å². The maximum absolute atomic E-state index is 12.5. The van der Waals surface area contributed by atoms with Crippen LogP contribution in [0.4, 0.5) is 0 Å². The molecule has 0 unspecified atom stereocenters. The molecule has 0 spiro atoms. The number of hydrogen-bond acceptors (Lipinski definition) is 4. The van der Waals surface area contributed by atoms with Gasteiger partial charge in [0.25, 0.3) is 0 Å². The summed E-state index contributed by atoms with van der Waals surface area (Å²) in [5.74, 6) is -1.26. The highest BCUT2D eigenvalue weighted by Gasteiger charge is 2.26. The number of carbonyl (C=O) groups is 2. The zero-order valence-electron chi connectivity index (χ0n) is 14.3. The number of rotatable bonds is 8. The third kappa shape index (κ3) is 5.02. The molecule has 1 amide bonds. The maximum Gasteiger partial charge on any atom is 0.323 e. The predicted molar refractivity (Wildman–Crippen MR) is 92.6 cm³/mol. The van der Waals surface area contributed by atoms with Crippen molar-refractivity contribution in [1.29, 1.82) is 0 Å². The van der Waals surface area contributed by atoms with Crippen molar-refractivity contribution in [3.05, 3.63) is 29.8 Å². The van der Waals surface area contributed by atoms with Crippen molar-refractivity contribution < 1.29 is 23.1 Å². The van der Waals surface area contributed by atoms with Gasteiger partial charge in [-0.05, 0) is 43.9 Å². The lowest BCUT2D eigenvalue weighted by molar-refractivity contribution is -0.144. The summed E-state index contributed by atoms with van der Waals surface area (Å²) < 4.78 is 26.4. The van der Waals surface area contributed by atoms with Gasteiger partial charge < -0.3 is 10.0 Å². The van der Waals surface area contributed by atoms with Gasteiger partial charge in [-0.2, -0.15) is 4.31 Å². The molecule has 1 fully saturated rings. The van der Waals surface area contributed by atoms with Crippen LogP contribution in [0.5, 0.6) is 0 Å². The molecule has 1 aromatic carbocycles. The van der Waals surface area contributed by atoms with Gasteiger partial charge in [0.05, 0.1) is 4.90 Å². The second-order valence-corrected chi connectivity index (χ2v) is 7.99. The fraction of sp³-hybridized carbons (Fsp3) is 0.529. The normalized spacial score (nSPS) is 15.2. The third-order valence-electron chi connectivity index (χ3n) is 4.31. The maximum atomic E-state index is 12.5. The fourth-order valence-electron chi connectivity index (χ4n) is 2.85. The Morgan fingerprint density at radius 2 is 1.76 bits per heavy atom. The molecule has 1 heterocycles. The number of aryl methyl sites for hydroxylation is 1. The number of aliphatic carboxylic acids is 1. The number of amides is 1. The van der Waals surface area contributed by atoms with Crippen molar-refractivity contribution in [2.75, 3.05) is 26.2 Å². The van der Waals surface area contributed by atoms with Crippen molar-refractivity contribution >= 4 is 21.9 Å². The van der Waals surface area contributed by atoms with Crippen LogP contribution in [0.1, 0.15) is 31.7 Å². The first kappa shape index (κ1) is 19.4. The van der Waals surface area contributed by atoms with Crippen LogP contribution in [-0.2, 0) is 26.0 Å². The lowest BCUT2D eigenvalue weighted by Crippen LogP contribution is -2.35. The molecule has 7 nitrogen and oxygen atoms in total. The van der Waals surface area contributed by atoms with E-state index in [4.69, 9.17) is 5.11 Å². The number of carboxylic acids is 1. The van der Waals surface area contributed by atoms with Crippen molar-refractivity contribution in [2.24, 2.45) is 0 Å². The average molecular weight is 368 g/mol. The molecule has 0 aromatic heterocycles. The van der Waals surface area contributed by atoms with Gasteiger partial charge in [-0.3, -0.25) is 9.59 Å². The molecular formula is C17H24N2O5S. The molecule has 25 heavy (non-hydrogen) atoms. The Morgan fingerprint density at radius 3 is 2.28 bits per heavy atom. The van der Waals surface area contributed by atoms with Crippen LogP contribution in [0.2, 0.25) is 0 Å². The fourth-order valence-corrected chi connectivity index (χ4v) is 4.37. The molecule has 0 bridgehead atoms. The minimum atomic E-state index is -3.42. The van der Waals surface area contributed by atoms with E-state index in [9.17, 15) is 18.0 Å². The van der Waals surface area contributed by atoms with Crippen LogP contribution in [-0.4, -0.2) is 60.8 Å². The van der Waals surface area contributed by atoms with E-state index in [2.05, 4.69) is 0 Å². The van der Waals surface area contributed by atoms with E-state index in [1.807, 2.05) is 0 Å². The van der Waals surface area contributed by atoms with Crippen LogP contribution in [0.25, 0.3) is 0 Å². The number of carboxylic acid groups (broad SMARTS) is 1. The van der Waals surface area contributed by atoms with Gasteiger partial charge in [0.2, 0.25) is 15.9 Å². The SMILES string of the molecule is CCN(CC(=O)O)C(=O)CCc1ccc(S(=O)(=O)N2CCCC2)cc1. The van der Waals surface area contributed by atoms with E-state index in [-0.39, 0.29) is 23.8 Å². The van der Waals surface area contributed by atoms with E-state index in [1.165, 1.54) is 9.21 Å². The summed E-state index contributed by atoms with van der Waals surface area (Å²) in [6.45, 7) is 2.91. The molecule has 8 heteroatoms. The van der Waals surface area contributed by atoms with Crippen LogP contribution >= 0.6 is 0 Å². The van der Waals surface area contributed by atoms with Gasteiger partial charge in [0, 0.05) is 26.1 Å². The first-order valence-electron chi connectivity index (χ1n) is 8.43. The lowest BCUT2D eigenvalue weighted by atomic mass is 10.1. The molecule has 1 aromatic rings. The van der Waals surface area contributed by atoms with Gasteiger partial charge >= 0.3 is 5.97 Å². The third-order valence-corrected chi connectivity index (χ3v) is 6.23. The van der Waals surface area contributed by atoms with Gasteiger partial charge in [0.1, 0.15) is 6.54 Å². The lowest BCUT2D eigenvalue weighted by Gasteiger charge is -2.18. The second kappa shape index (κ2) is 8.44. The highest BCUT2D eigenvalue weighted by atomic mass is 32.2. The van der Waals surface area contributed by atoms with Crippen LogP contribution in [0.15, 0.2) is 29.2 Å². The van der Waals surface area contributed by atoms with Crippen LogP contribution < -0.4 is 0 Å². The summed E-state index contributed by atoms with van der Waals surface area (Å²) in [7, 11) is -3.42. The number of hydrogen-bond donors (Lipinski definition) is 1. The molecule has 0 atom stereocenters. The van der Waals surface area contributed by atoms with E-state index in [0.29, 0.717) is 26.1 Å². The molecule has 1 N–H and O–H groups in total. The van der Waals surface area contributed by atoms with Crippen LogP contribution in [0, 0.1) is 0 Å². The molecule has 1 aliphatic heterocycles. The van der Waals surface area contributed by atoms with Crippen molar-refractivity contribution in [1.82, 2.24) is 9.21 Å². The number of benzene rings is 1. The quantitative estimate of drug-likeness (QED) is 0.747. The standard InChI is InChI=1S/C17H24N2O5S/c1-2-18(13-17(21)22)16(20)10-7-14-5-8-15(9-6-14)25(23,24)19-11-3-4-12-19/h5-6,8-9H,2-4,7,10-13H2,1H3,(H,21,22). The number of likely N-dealkylation sites (N-methyl/N-ethyl adjacent to an activating group) is 1. The minimum absolute atomic E-state index is 0.194. The average Bonchev–Trinajstić information content (AvgIpc) is 3.13. The van der Waals surface area contributed by atoms with Crippen molar-refractivity contribution in [3.8, 4) is 0 Å². The second-order valence-electron chi connectivity index (χ2n) is 6.06. The van der Waals surface area contributed by atoms with E-state index >= 15 is 0 Å². The molecule has 1 aliphatic rings. The van der Waals surface area contributed by atoms with Gasteiger partial charge in [-0.25, -0.2) is 8.42 Å². The van der Waals surface area contributed by atoms with E-state index in [1.54, 1.807) is 31.2 Å². The highest BCUT2D eigenvalue weighted by molar-refractivity contribution is 7.89. The first-order chi connectivity index (χ1) is 11.8. The zero-order chi connectivity index (χ0) is 18.4. The molecule has 138 valence electrons. The number of nitrogens with zero attached hydrogens (tertiary/aromatic N) is 2. The number of carbonyl (C=O) groups excluding carboxylic acids is 1. The van der Waals surface area contributed by atoms with Gasteiger partial charge in [-0.1, -0.05) is 12.1 Å². The topological polar surface area (TPSA) is 95.0 Å². The summed E-state index contributed by atoms with van der Waals surface area (Å²) in [4.78, 5) is 24.3. The zero-order valence-corrected chi connectivity index (χ0v) is 15.2. The Hall–Kier alpha value is -1.93. The molecule has 0 radical (unpaired) electrons. The van der Waals surface area contributed by atoms with E-state index < -0.39 is 16.0 Å².